The number of rotatable bonds is 6. The minimum atomic E-state index is -3.07. The molecule has 5 unspecified atom stereocenters. The number of piperazine rings is 1. The van der Waals surface area contributed by atoms with Crippen LogP contribution in [0.25, 0.3) is 0 Å². The molecule has 5 atom stereocenters. The highest BCUT2D eigenvalue weighted by molar-refractivity contribution is 7.88. The van der Waals surface area contributed by atoms with Crippen LogP contribution < -0.4 is 14.9 Å². The number of hydrogen-bond donors (Lipinski definition) is 3. The second-order valence-electron chi connectivity index (χ2n) is 9.40. The van der Waals surface area contributed by atoms with Crippen molar-refractivity contribution in [2.75, 3.05) is 65.2 Å². The van der Waals surface area contributed by atoms with Gasteiger partial charge in [0.2, 0.25) is 10.0 Å². The number of hydrogen-bond acceptors (Lipinski definition) is 4. The first-order valence-electron chi connectivity index (χ1n) is 11.1. The summed E-state index contributed by atoms with van der Waals surface area (Å²) >= 11 is 0. The summed E-state index contributed by atoms with van der Waals surface area (Å²) in [6.45, 7) is 10.6. The lowest BCUT2D eigenvalue weighted by atomic mass is 9.75. The van der Waals surface area contributed by atoms with Crippen LogP contribution >= 0.6 is 0 Å². The lowest BCUT2D eigenvalue weighted by Crippen LogP contribution is -3.20. The Morgan fingerprint density at radius 1 is 1.15 bits per heavy atom. The largest absolute Gasteiger partial charge is 0.331 e. The second kappa shape index (κ2) is 8.63. The smallest absolute Gasteiger partial charge is 0.208 e. The number of fused-ring (bicyclic) bond motifs is 3. The Hall–Kier alpha value is -0.250. The molecule has 27 heavy (non-hydrogen) atoms. The van der Waals surface area contributed by atoms with E-state index >= 15 is 0 Å². The summed E-state index contributed by atoms with van der Waals surface area (Å²) in [6.07, 6.45) is 8.69. The Balaban J connectivity index is 1.22. The molecule has 156 valence electrons. The highest BCUT2D eigenvalue weighted by Crippen LogP contribution is 2.28. The van der Waals surface area contributed by atoms with Gasteiger partial charge in [0.25, 0.3) is 0 Å². The molecule has 5 saturated heterocycles. The number of nitrogens with two attached hydrogens (primary N) is 1. The molecule has 0 amide bonds. The van der Waals surface area contributed by atoms with Crippen molar-refractivity contribution < 1.29 is 18.6 Å². The van der Waals surface area contributed by atoms with Gasteiger partial charge in [0.05, 0.1) is 32.4 Å². The van der Waals surface area contributed by atoms with Crippen molar-refractivity contribution in [1.82, 2.24) is 14.5 Å². The van der Waals surface area contributed by atoms with E-state index in [1.165, 1.54) is 90.7 Å². The Morgan fingerprint density at radius 3 is 2.59 bits per heavy atom. The summed E-state index contributed by atoms with van der Waals surface area (Å²) < 4.78 is 25.6. The zero-order chi connectivity index (χ0) is 18.9. The van der Waals surface area contributed by atoms with Gasteiger partial charge >= 0.3 is 0 Å². The molecular formula is C19H39N5O2S+2. The maximum atomic E-state index is 11.4. The van der Waals surface area contributed by atoms with Crippen molar-refractivity contribution in [2.24, 2.45) is 11.8 Å². The molecule has 4 N–H and O–H groups in total. The third-order valence-electron chi connectivity index (χ3n) is 7.55. The minimum Gasteiger partial charge on any atom is -0.331 e. The molecule has 0 aromatic heterocycles. The van der Waals surface area contributed by atoms with Gasteiger partial charge in [-0.05, 0) is 18.8 Å². The Labute approximate surface area is 164 Å². The highest BCUT2D eigenvalue weighted by atomic mass is 32.2. The van der Waals surface area contributed by atoms with Crippen LogP contribution in [0.5, 0.6) is 0 Å². The number of nitrogens with zero attached hydrogens (tertiary/aromatic N) is 2. The van der Waals surface area contributed by atoms with Gasteiger partial charge in [-0.25, -0.2) is 13.1 Å². The van der Waals surface area contributed by atoms with Crippen LogP contribution in [-0.4, -0.2) is 95.6 Å². The fraction of sp³-hybridized carbons (Fsp3) is 1.00. The molecule has 5 heterocycles. The van der Waals surface area contributed by atoms with Crippen molar-refractivity contribution >= 4 is 10.0 Å². The first-order valence-corrected chi connectivity index (χ1v) is 13.0. The summed E-state index contributed by atoms with van der Waals surface area (Å²) in [5.74, 6) is 1.59. The molecular weight excluding hydrogens is 362 g/mol. The predicted molar refractivity (Wildman–Crippen MR) is 106 cm³/mol. The third-order valence-corrected chi connectivity index (χ3v) is 8.24. The van der Waals surface area contributed by atoms with E-state index in [2.05, 4.69) is 19.8 Å². The zero-order valence-electron chi connectivity index (χ0n) is 16.9. The van der Waals surface area contributed by atoms with Gasteiger partial charge in [-0.15, -0.1) is 0 Å². The first kappa shape index (κ1) is 20.0. The van der Waals surface area contributed by atoms with Gasteiger partial charge in [0.1, 0.15) is 12.2 Å². The number of quaternary nitrogens is 2. The van der Waals surface area contributed by atoms with Crippen LogP contribution in [0.1, 0.15) is 32.1 Å². The Morgan fingerprint density at radius 2 is 1.96 bits per heavy atom. The van der Waals surface area contributed by atoms with Crippen LogP contribution in [-0.2, 0) is 10.0 Å². The molecule has 7 nitrogen and oxygen atoms in total. The summed E-state index contributed by atoms with van der Waals surface area (Å²) in [6, 6.07) is 0.480. The highest BCUT2D eigenvalue weighted by Gasteiger charge is 2.44. The van der Waals surface area contributed by atoms with E-state index in [1.807, 2.05) is 0 Å². The maximum Gasteiger partial charge on any atom is 0.208 e. The standard InChI is InChI=1S/C19H37N5O2S/c1-27(25,26)21-13-18-12-16-5-7-24(18)15-17(16)14-22-8-10-23(11-9-22)19-4-2-3-6-20-19/h16-21H,2-15H2,1H3/p+2. The molecule has 8 heteroatoms. The molecule has 5 aliphatic heterocycles. The molecule has 0 aromatic carbocycles. The normalized spacial score (nSPS) is 38.9. The second-order valence-corrected chi connectivity index (χ2v) is 11.2. The topological polar surface area (TPSA) is 73.7 Å². The van der Waals surface area contributed by atoms with Crippen LogP contribution in [0.15, 0.2) is 0 Å². The van der Waals surface area contributed by atoms with Crippen LogP contribution in [0.4, 0.5) is 0 Å². The molecule has 5 fully saturated rings. The summed E-state index contributed by atoms with van der Waals surface area (Å²) in [5.41, 5.74) is 0. The average Bonchev–Trinajstić information content (AvgIpc) is 2.68. The lowest BCUT2D eigenvalue weighted by molar-refractivity contribution is -0.945. The Kier molecular flexibility index (Phi) is 6.41. The van der Waals surface area contributed by atoms with Crippen molar-refractivity contribution in [3.8, 4) is 0 Å². The van der Waals surface area contributed by atoms with Crippen LogP contribution in [0, 0.1) is 11.8 Å². The van der Waals surface area contributed by atoms with E-state index in [4.69, 9.17) is 0 Å². The van der Waals surface area contributed by atoms with Crippen molar-refractivity contribution in [3.05, 3.63) is 0 Å². The number of sulfonamides is 1. The van der Waals surface area contributed by atoms with Crippen molar-refractivity contribution in [3.63, 3.8) is 0 Å². The van der Waals surface area contributed by atoms with Gasteiger partial charge in [0, 0.05) is 57.9 Å². The fourth-order valence-corrected chi connectivity index (χ4v) is 6.49. The fourth-order valence-electron chi connectivity index (χ4n) is 5.99. The molecule has 0 aliphatic carbocycles. The molecule has 2 bridgehead atoms. The zero-order valence-corrected chi connectivity index (χ0v) is 17.7. The SMILES string of the molecule is CS(=O)(=O)NCC1CC2CC[NH+]1CC2CN1CCN(C2CCCC[NH2+]2)CC1. The molecule has 5 rings (SSSR count). The van der Waals surface area contributed by atoms with Gasteiger partial charge in [0.15, 0.2) is 0 Å². The first-order chi connectivity index (χ1) is 13.0. The van der Waals surface area contributed by atoms with Gasteiger partial charge in [-0.3, -0.25) is 4.90 Å². The van der Waals surface area contributed by atoms with Crippen LogP contribution in [0.3, 0.4) is 0 Å². The lowest BCUT2D eigenvalue weighted by Gasteiger charge is -2.48. The van der Waals surface area contributed by atoms with E-state index in [-0.39, 0.29) is 0 Å². The van der Waals surface area contributed by atoms with Crippen LogP contribution in [0.2, 0.25) is 0 Å². The average molecular weight is 402 g/mol. The number of nitrogens with one attached hydrogen (secondary N) is 2. The monoisotopic (exact) mass is 401 g/mol. The molecule has 0 spiro atoms. The minimum absolute atomic E-state index is 0.480. The Bertz CT molecular complexity index is 587. The number of piperidine rings is 4. The van der Waals surface area contributed by atoms with E-state index in [0.29, 0.717) is 12.6 Å². The molecule has 0 aromatic rings. The van der Waals surface area contributed by atoms with Gasteiger partial charge in [-0.1, -0.05) is 0 Å². The third kappa shape index (κ3) is 5.22. The molecule has 0 radical (unpaired) electrons. The molecule has 0 saturated carbocycles. The van der Waals surface area contributed by atoms with Crippen molar-refractivity contribution in [2.45, 2.75) is 44.3 Å². The quantitative estimate of drug-likeness (QED) is 0.461. The van der Waals surface area contributed by atoms with E-state index < -0.39 is 10.0 Å². The van der Waals surface area contributed by atoms with E-state index in [1.54, 1.807) is 4.90 Å². The van der Waals surface area contributed by atoms with Gasteiger partial charge in [-0.2, -0.15) is 0 Å². The van der Waals surface area contributed by atoms with E-state index in [9.17, 15) is 8.42 Å². The van der Waals surface area contributed by atoms with E-state index in [0.717, 1.165) is 18.0 Å². The molecule has 5 aliphatic rings. The van der Waals surface area contributed by atoms with Crippen molar-refractivity contribution in [1.29, 1.82) is 0 Å². The summed E-state index contributed by atoms with van der Waals surface area (Å²) in [4.78, 5) is 7.05. The van der Waals surface area contributed by atoms with Gasteiger partial charge < -0.3 is 15.1 Å². The summed E-state index contributed by atoms with van der Waals surface area (Å²) in [7, 11) is -3.07. The summed E-state index contributed by atoms with van der Waals surface area (Å²) in [5, 5.41) is 2.56. The maximum absolute atomic E-state index is 11.4. The predicted octanol–water partition coefficient (Wildman–Crippen LogP) is -2.48.